The summed E-state index contributed by atoms with van der Waals surface area (Å²) in [4.78, 5) is 28.4. The topological polar surface area (TPSA) is 86.8 Å². The molecule has 9 heteroatoms. The third-order valence-electron chi connectivity index (χ3n) is 6.23. The van der Waals surface area contributed by atoms with E-state index in [1.807, 2.05) is 50.2 Å². The number of benzene rings is 3. The number of halogens is 1. The van der Waals surface area contributed by atoms with Crippen LogP contribution in [-0.2, 0) is 32.6 Å². The van der Waals surface area contributed by atoms with Crippen molar-refractivity contribution in [2.75, 3.05) is 17.4 Å². The van der Waals surface area contributed by atoms with E-state index >= 15 is 0 Å². The molecular weight excluding hydrogens is 566 g/mol. The molecule has 0 aliphatic rings. The zero-order valence-electron chi connectivity index (χ0n) is 21.9. The first kappa shape index (κ1) is 29.4. The zero-order valence-corrected chi connectivity index (χ0v) is 24.3. The molecule has 0 heterocycles. The minimum Gasteiger partial charge on any atom is -0.354 e. The first-order valence-corrected chi connectivity index (χ1v) is 14.9. The summed E-state index contributed by atoms with van der Waals surface area (Å²) in [5.74, 6) is -0.763. The van der Waals surface area contributed by atoms with Crippen LogP contribution in [0.4, 0.5) is 5.69 Å². The van der Waals surface area contributed by atoms with Gasteiger partial charge in [0.15, 0.2) is 0 Å². The Balaban J connectivity index is 2.04. The van der Waals surface area contributed by atoms with E-state index in [1.165, 1.54) is 17.0 Å². The highest BCUT2D eigenvalue weighted by molar-refractivity contribution is 9.10. The number of rotatable bonds is 12. The third kappa shape index (κ3) is 7.23. The van der Waals surface area contributed by atoms with Crippen LogP contribution in [0, 0.1) is 0 Å². The zero-order chi connectivity index (χ0) is 27.7. The fourth-order valence-corrected chi connectivity index (χ4v) is 5.79. The molecule has 0 fully saturated rings. The monoisotopic (exact) mass is 599 g/mol. The Morgan fingerprint density at radius 3 is 2.18 bits per heavy atom. The lowest BCUT2D eigenvalue weighted by Gasteiger charge is -2.32. The summed E-state index contributed by atoms with van der Waals surface area (Å²) in [6, 6.07) is 21.9. The quantitative estimate of drug-likeness (QED) is 0.312. The first-order chi connectivity index (χ1) is 18.2. The number of nitrogens with one attached hydrogen (secondary N) is 1. The van der Waals surface area contributed by atoms with Gasteiger partial charge in [-0.1, -0.05) is 78.3 Å². The number of nitrogens with zero attached hydrogens (tertiary/aromatic N) is 2. The highest BCUT2D eigenvalue weighted by Crippen LogP contribution is 2.28. The van der Waals surface area contributed by atoms with Crippen LogP contribution >= 0.6 is 15.9 Å². The number of anilines is 1. The van der Waals surface area contributed by atoms with Crippen molar-refractivity contribution >= 4 is 43.5 Å². The van der Waals surface area contributed by atoms with Crippen molar-refractivity contribution < 1.29 is 18.0 Å². The molecule has 1 N–H and O–H groups in total. The van der Waals surface area contributed by atoms with Crippen LogP contribution in [0.3, 0.4) is 0 Å². The van der Waals surface area contributed by atoms with Gasteiger partial charge in [0.05, 0.1) is 10.6 Å². The van der Waals surface area contributed by atoms with Gasteiger partial charge in [-0.25, -0.2) is 8.42 Å². The lowest BCUT2D eigenvalue weighted by atomic mass is 10.1. The predicted octanol–water partition coefficient (Wildman–Crippen LogP) is 5.15. The molecule has 3 aromatic carbocycles. The molecule has 0 aliphatic carbocycles. The number of hydrogen-bond donors (Lipinski definition) is 1. The summed E-state index contributed by atoms with van der Waals surface area (Å²) >= 11 is 3.42. The third-order valence-corrected chi connectivity index (χ3v) is 8.54. The minimum absolute atomic E-state index is 0.0897. The van der Waals surface area contributed by atoms with E-state index in [0.29, 0.717) is 18.7 Å². The summed E-state index contributed by atoms with van der Waals surface area (Å²) in [7, 11) is -4.07. The maximum Gasteiger partial charge on any atom is 0.264 e. The van der Waals surface area contributed by atoms with E-state index in [0.717, 1.165) is 26.3 Å². The highest BCUT2D eigenvalue weighted by atomic mass is 79.9. The van der Waals surface area contributed by atoms with Gasteiger partial charge in [0.1, 0.15) is 12.6 Å². The lowest BCUT2D eigenvalue weighted by molar-refractivity contribution is -0.139. The molecule has 0 aliphatic heterocycles. The van der Waals surface area contributed by atoms with Crippen molar-refractivity contribution in [3.05, 3.63) is 94.5 Å². The minimum atomic E-state index is -4.07. The van der Waals surface area contributed by atoms with Crippen molar-refractivity contribution in [1.82, 2.24) is 10.2 Å². The van der Waals surface area contributed by atoms with E-state index < -0.39 is 28.5 Å². The van der Waals surface area contributed by atoms with E-state index in [9.17, 15) is 18.0 Å². The van der Waals surface area contributed by atoms with Crippen LogP contribution in [0.5, 0.6) is 0 Å². The summed E-state index contributed by atoms with van der Waals surface area (Å²) in [5.41, 5.74) is 2.06. The maximum atomic E-state index is 13.9. The van der Waals surface area contributed by atoms with Gasteiger partial charge in [0, 0.05) is 17.6 Å². The smallest absolute Gasteiger partial charge is 0.264 e. The SMILES string of the molecule is CCCNC(=O)C(C)N(Cc1ccc(Br)cc1)C(=O)CN(c1ccccc1CC)S(=O)(=O)c1ccccc1. The molecule has 0 saturated heterocycles. The molecule has 0 aromatic heterocycles. The fraction of sp³-hybridized carbons (Fsp3) is 0.310. The van der Waals surface area contributed by atoms with Crippen LogP contribution in [0.15, 0.2) is 88.2 Å². The van der Waals surface area contributed by atoms with Gasteiger partial charge in [-0.2, -0.15) is 0 Å². The molecule has 2 amide bonds. The second-order valence-electron chi connectivity index (χ2n) is 8.92. The molecule has 1 unspecified atom stereocenters. The van der Waals surface area contributed by atoms with Crippen LogP contribution in [0.25, 0.3) is 0 Å². The van der Waals surface area contributed by atoms with E-state index in [4.69, 9.17) is 0 Å². The second kappa shape index (κ2) is 13.6. The number of sulfonamides is 1. The largest absolute Gasteiger partial charge is 0.354 e. The van der Waals surface area contributed by atoms with E-state index in [-0.39, 0.29) is 17.3 Å². The summed E-state index contributed by atoms with van der Waals surface area (Å²) in [6.45, 7) is 5.75. The highest BCUT2D eigenvalue weighted by Gasteiger charge is 2.33. The Hall–Kier alpha value is -3.17. The van der Waals surface area contributed by atoms with Crippen LogP contribution in [0.1, 0.15) is 38.3 Å². The number of carbonyl (C=O) groups is 2. The van der Waals surface area contributed by atoms with E-state index in [2.05, 4.69) is 21.2 Å². The first-order valence-electron chi connectivity index (χ1n) is 12.7. The Morgan fingerprint density at radius 2 is 1.55 bits per heavy atom. The maximum absolute atomic E-state index is 13.9. The Kier molecular flexibility index (Phi) is 10.5. The Labute approximate surface area is 234 Å². The number of carbonyl (C=O) groups excluding carboxylic acids is 2. The molecule has 38 heavy (non-hydrogen) atoms. The van der Waals surface area contributed by atoms with Crippen LogP contribution in [-0.4, -0.2) is 44.3 Å². The molecular formula is C29H34BrN3O4S. The molecule has 3 rings (SSSR count). The molecule has 0 bridgehead atoms. The number of para-hydroxylation sites is 1. The molecule has 0 radical (unpaired) electrons. The lowest BCUT2D eigenvalue weighted by Crippen LogP contribution is -2.51. The molecule has 1 atom stereocenters. The van der Waals surface area contributed by atoms with Crippen molar-refractivity contribution in [2.45, 2.75) is 51.1 Å². The van der Waals surface area contributed by atoms with Gasteiger partial charge in [0.2, 0.25) is 11.8 Å². The van der Waals surface area contributed by atoms with Gasteiger partial charge >= 0.3 is 0 Å². The molecule has 202 valence electrons. The van der Waals surface area contributed by atoms with Crippen molar-refractivity contribution in [3.8, 4) is 0 Å². The van der Waals surface area contributed by atoms with Crippen molar-refractivity contribution in [2.24, 2.45) is 0 Å². The normalized spacial score (nSPS) is 12.0. The summed E-state index contributed by atoms with van der Waals surface area (Å²) < 4.78 is 29.8. The number of aryl methyl sites for hydroxylation is 1. The molecule has 3 aromatic rings. The summed E-state index contributed by atoms with van der Waals surface area (Å²) in [5, 5.41) is 2.85. The average Bonchev–Trinajstić information content (AvgIpc) is 2.94. The summed E-state index contributed by atoms with van der Waals surface area (Å²) in [6.07, 6.45) is 1.35. The molecule has 0 spiro atoms. The van der Waals surface area contributed by atoms with Crippen LogP contribution < -0.4 is 9.62 Å². The van der Waals surface area contributed by atoms with Gasteiger partial charge in [-0.15, -0.1) is 0 Å². The average molecular weight is 601 g/mol. The van der Waals surface area contributed by atoms with Crippen LogP contribution in [0.2, 0.25) is 0 Å². The standard InChI is InChI=1S/C29H34BrN3O4S/c1-4-19-31-29(35)22(3)32(20-23-15-17-25(30)18-16-23)28(34)21-33(27-14-10-9-11-24(27)5-2)38(36,37)26-12-7-6-8-13-26/h6-18,22H,4-5,19-21H2,1-3H3,(H,31,35). The van der Waals surface area contributed by atoms with E-state index in [1.54, 1.807) is 37.3 Å². The second-order valence-corrected chi connectivity index (χ2v) is 11.7. The fourth-order valence-electron chi connectivity index (χ4n) is 4.05. The molecule has 0 saturated carbocycles. The van der Waals surface area contributed by atoms with Gasteiger partial charge < -0.3 is 10.2 Å². The Morgan fingerprint density at radius 1 is 0.921 bits per heavy atom. The van der Waals surface area contributed by atoms with Crippen molar-refractivity contribution in [1.29, 1.82) is 0 Å². The predicted molar refractivity (Wildman–Crippen MR) is 154 cm³/mol. The molecule has 7 nitrogen and oxygen atoms in total. The van der Waals surface area contributed by atoms with Gasteiger partial charge in [-0.3, -0.25) is 13.9 Å². The number of amides is 2. The Bertz CT molecular complexity index is 1330. The van der Waals surface area contributed by atoms with Gasteiger partial charge in [-0.05, 0) is 61.2 Å². The number of hydrogen-bond acceptors (Lipinski definition) is 4. The van der Waals surface area contributed by atoms with Gasteiger partial charge in [0.25, 0.3) is 10.0 Å². The van der Waals surface area contributed by atoms with Crippen molar-refractivity contribution in [3.63, 3.8) is 0 Å².